The van der Waals surface area contributed by atoms with Crippen molar-refractivity contribution < 1.29 is 9.53 Å². The minimum Gasteiger partial charge on any atom is -0.381 e. The van der Waals surface area contributed by atoms with Gasteiger partial charge in [-0.2, -0.15) is 0 Å². The van der Waals surface area contributed by atoms with E-state index in [1.54, 1.807) is 0 Å². The molecule has 1 fully saturated rings. The van der Waals surface area contributed by atoms with E-state index in [1.165, 1.54) is 0 Å². The largest absolute Gasteiger partial charge is 0.381 e. The third kappa shape index (κ3) is 4.54. The molecule has 0 spiro atoms. The highest BCUT2D eigenvalue weighted by Crippen LogP contribution is 2.24. The molecule has 1 heterocycles. The number of nitrogens with one attached hydrogen (secondary N) is 1. The van der Waals surface area contributed by atoms with Gasteiger partial charge >= 0.3 is 0 Å². The Bertz CT molecular complexity index is 246. The molecule has 0 unspecified atom stereocenters. The first-order valence-electron chi connectivity index (χ1n) is 7.13. The predicted molar refractivity (Wildman–Crippen MR) is 78.0 cm³/mol. The quantitative estimate of drug-likeness (QED) is 0.731. The Morgan fingerprint density at radius 1 is 1.28 bits per heavy atom. The smallest absolute Gasteiger partial charge is 0.223 e. The van der Waals surface area contributed by atoms with Gasteiger partial charge in [0.2, 0.25) is 5.91 Å². The van der Waals surface area contributed by atoms with Gasteiger partial charge in [-0.1, -0.05) is 42.6 Å². The van der Waals surface area contributed by atoms with Gasteiger partial charge < -0.3 is 10.1 Å². The highest BCUT2D eigenvalue weighted by molar-refractivity contribution is 9.09. The van der Waals surface area contributed by atoms with Crippen LogP contribution in [0.5, 0.6) is 0 Å². The van der Waals surface area contributed by atoms with Crippen molar-refractivity contribution in [2.75, 3.05) is 18.5 Å². The second-order valence-corrected chi connectivity index (χ2v) is 5.85. The Kier molecular flexibility index (Phi) is 7.23. The van der Waals surface area contributed by atoms with Crippen molar-refractivity contribution >= 4 is 21.8 Å². The number of alkyl halides is 1. The number of hydrogen-bond donors (Lipinski definition) is 1. The molecule has 1 amide bonds. The molecule has 106 valence electrons. The van der Waals surface area contributed by atoms with Gasteiger partial charge in [0.1, 0.15) is 0 Å². The number of amides is 1. The van der Waals surface area contributed by atoms with Crippen molar-refractivity contribution in [3.63, 3.8) is 0 Å². The van der Waals surface area contributed by atoms with Crippen molar-refractivity contribution in [1.29, 1.82) is 0 Å². The van der Waals surface area contributed by atoms with Crippen LogP contribution in [0.2, 0.25) is 0 Å². The predicted octanol–water partition coefficient (Wildman–Crippen LogP) is 3.26. The van der Waals surface area contributed by atoms with Crippen LogP contribution in [0.25, 0.3) is 0 Å². The Morgan fingerprint density at radius 2 is 1.83 bits per heavy atom. The average Bonchev–Trinajstić information content (AvgIpc) is 2.39. The summed E-state index contributed by atoms with van der Waals surface area (Å²) in [5, 5.41) is 4.11. The van der Waals surface area contributed by atoms with Crippen molar-refractivity contribution in [3.8, 4) is 0 Å². The van der Waals surface area contributed by atoms with E-state index in [0.29, 0.717) is 0 Å². The van der Waals surface area contributed by atoms with Gasteiger partial charge in [-0.25, -0.2) is 0 Å². The third-order valence-corrected chi connectivity index (χ3v) is 4.81. The summed E-state index contributed by atoms with van der Waals surface area (Å²) in [7, 11) is 0. The average molecular weight is 320 g/mol. The molecule has 0 aromatic heterocycles. The van der Waals surface area contributed by atoms with E-state index in [-0.39, 0.29) is 17.4 Å². The van der Waals surface area contributed by atoms with E-state index < -0.39 is 0 Å². The van der Waals surface area contributed by atoms with Crippen LogP contribution >= 0.6 is 15.9 Å². The molecule has 0 aromatic carbocycles. The van der Waals surface area contributed by atoms with Crippen molar-refractivity contribution in [2.45, 2.75) is 57.9 Å². The van der Waals surface area contributed by atoms with Crippen LogP contribution in [-0.2, 0) is 9.53 Å². The van der Waals surface area contributed by atoms with Crippen molar-refractivity contribution in [2.24, 2.45) is 5.92 Å². The van der Waals surface area contributed by atoms with Crippen LogP contribution in [0, 0.1) is 5.92 Å². The van der Waals surface area contributed by atoms with Gasteiger partial charge in [0.05, 0.1) is 5.54 Å². The summed E-state index contributed by atoms with van der Waals surface area (Å²) in [6.45, 7) is 5.78. The molecule has 0 bridgehead atoms. The SMILES string of the molecule is CCCC(CCC)C(=O)NC1(CBr)CCOCC1. The summed E-state index contributed by atoms with van der Waals surface area (Å²) < 4.78 is 5.39. The molecule has 0 aliphatic carbocycles. The zero-order valence-corrected chi connectivity index (χ0v) is 13.2. The molecular weight excluding hydrogens is 294 g/mol. The van der Waals surface area contributed by atoms with E-state index in [1.807, 2.05) is 0 Å². The van der Waals surface area contributed by atoms with E-state index >= 15 is 0 Å². The molecule has 0 atom stereocenters. The van der Waals surface area contributed by atoms with Gasteiger partial charge in [0, 0.05) is 24.5 Å². The van der Waals surface area contributed by atoms with Crippen molar-refractivity contribution in [1.82, 2.24) is 5.32 Å². The van der Waals surface area contributed by atoms with Gasteiger partial charge in [0.15, 0.2) is 0 Å². The van der Waals surface area contributed by atoms with E-state index in [2.05, 4.69) is 35.1 Å². The number of carbonyl (C=O) groups excluding carboxylic acids is 1. The molecule has 18 heavy (non-hydrogen) atoms. The summed E-state index contributed by atoms with van der Waals surface area (Å²) in [6, 6.07) is 0. The molecule has 1 saturated heterocycles. The zero-order valence-electron chi connectivity index (χ0n) is 11.6. The van der Waals surface area contributed by atoms with Gasteiger partial charge in [0.25, 0.3) is 0 Å². The first kappa shape index (κ1) is 16.0. The van der Waals surface area contributed by atoms with Gasteiger partial charge in [-0.05, 0) is 25.7 Å². The zero-order chi connectivity index (χ0) is 13.4. The second-order valence-electron chi connectivity index (χ2n) is 5.29. The molecule has 1 rings (SSSR count). The van der Waals surface area contributed by atoms with Crippen LogP contribution in [0.3, 0.4) is 0 Å². The van der Waals surface area contributed by atoms with E-state index in [9.17, 15) is 4.79 Å². The highest BCUT2D eigenvalue weighted by Gasteiger charge is 2.34. The maximum atomic E-state index is 12.4. The summed E-state index contributed by atoms with van der Waals surface area (Å²) in [5.74, 6) is 0.416. The molecule has 4 heteroatoms. The van der Waals surface area contributed by atoms with Crippen LogP contribution in [0.1, 0.15) is 52.4 Å². The maximum absolute atomic E-state index is 12.4. The minimum atomic E-state index is -0.0882. The Morgan fingerprint density at radius 3 is 2.28 bits per heavy atom. The lowest BCUT2D eigenvalue weighted by Gasteiger charge is -2.37. The molecular formula is C14H26BrNO2. The fourth-order valence-corrected chi connectivity index (χ4v) is 3.22. The Balaban J connectivity index is 2.58. The summed E-state index contributed by atoms with van der Waals surface area (Å²) in [5.41, 5.74) is -0.0882. The highest BCUT2D eigenvalue weighted by atomic mass is 79.9. The minimum absolute atomic E-state index is 0.0882. The first-order chi connectivity index (χ1) is 8.67. The number of carbonyl (C=O) groups is 1. The molecule has 1 aliphatic rings. The number of hydrogen-bond acceptors (Lipinski definition) is 2. The van der Waals surface area contributed by atoms with E-state index in [4.69, 9.17) is 4.74 Å². The topological polar surface area (TPSA) is 38.3 Å². The lowest BCUT2D eigenvalue weighted by atomic mass is 9.90. The number of ether oxygens (including phenoxy) is 1. The first-order valence-corrected chi connectivity index (χ1v) is 8.25. The Labute approximate surface area is 119 Å². The van der Waals surface area contributed by atoms with Gasteiger partial charge in [-0.15, -0.1) is 0 Å². The Hall–Kier alpha value is -0.0900. The second kappa shape index (κ2) is 8.16. The summed E-state index contributed by atoms with van der Waals surface area (Å²) in [4.78, 5) is 12.4. The molecule has 1 aliphatic heterocycles. The normalized spacial score (nSPS) is 18.9. The van der Waals surface area contributed by atoms with Crippen LogP contribution in [0.4, 0.5) is 0 Å². The maximum Gasteiger partial charge on any atom is 0.223 e. The molecule has 1 N–H and O–H groups in total. The molecule has 3 nitrogen and oxygen atoms in total. The van der Waals surface area contributed by atoms with Crippen molar-refractivity contribution in [3.05, 3.63) is 0 Å². The molecule has 0 saturated carbocycles. The molecule has 0 aromatic rings. The summed E-state index contributed by atoms with van der Waals surface area (Å²) >= 11 is 3.55. The lowest BCUT2D eigenvalue weighted by molar-refractivity contribution is -0.128. The number of rotatable bonds is 7. The number of halogens is 1. The van der Waals surface area contributed by atoms with Crippen LogP contribution < -0.4 is 5.32 Å². The monoisotopic (exact) mass is 319 g/mol. The van der Waals surface area contributed by atoms with Crippen LogP contribution in [-0.4, -0.2) is 30.0 Å². The van der Waals surface area contributed by atoms with Crippen LogP contribution in [0.15, 0.2) is 0 Å². The third-order valence-electron chi connectivity index (χ3n) is 3.74. The molecule has 0 radical (unpaired) electrons. The van der Waals surface area contributed by atoms with Gasteiger partial charge in [-0.3, -0.25) is 4.79 Å². The summed E-state index contributed by atoms with van der Waals surface area (Å²) in [6.07, 6.45) is 5.96. The van der Waals surface area contributed by atoms with E-state index in [0.717, 1.165) is 57.1 Å². The lowest BCUT2D eigenvalue weighted by Crippen LogP contribution is -2.54. The standard InChI is InChI=1S/C14H26BrNO2/c1-3-5-12(6-4-2)13(17)16-14(11-15)7-9-18-10-8-14/h12H,3-11H2,1-2H3,(H,16,17). The fraction of sp³-hybridized carbons (Fsp3) is 0.929. The fourth-order valence-electron chi connectivity index (χ4n) is 2.52.